The monoisotopic (exact) mass is 397 g/mol. The minimum absolute atomic E-state index is 0.0698. The van der Waals surface area contributed by atoms with Crippen molar-refractivity contribution in [2.75, 3.05) is 0 Å². The van der Waals surface area contributed by atoms with Gasteiger partial charge in [-0.2, -0.15) is 5.10 Å². The summed E-state index contributed by atoms with van der Waals surface area (Å²) in [5.41, 5.74) is 5.28. The molecule has 0 aliphatic carbocycles. The molecule has 3 aromatic rings. The highest BCUT2D eigenvalue weighted by Crippen LogP contribution is 2.20. The fraction of sp³-hybridized carbons (Fsp3) is 0.333. The van der Waals surface area contributed by atoms with E-state index in [2.05, 4.69) is 20.4 Å². The number of halogens is 1. The number of carbonyl (C=O) groups is 1. The summed E-state index contributed by atoms with van der Waals surface area (Å²) >= 11 is 6.04. The summed E-state index contributed by atoms with van der Waals surface area (Å²) in [7, 11) is 0. The minimum atomic E-state index is -0.135. The Bertz CT molecular complexity index is 1010. The fourth-order valence-electron chi connectivity index (χ4n) is 3.24. The van der Waals surface area contributed by atoms with E-state index in [1.807, 2.05) is 65.0 Å². The number of aromatic nitrogens is 4. The summed E-state index contributed by atoms with van der Waals surface area (Å²) in [6.45, 7) is 9.63. The number of carbonyl (C=O) groups excluding carboxylic acids is 1. The number of benzene rings is 1. The van der Waals surface area contributed by atoms with Crippen LogP contribution in [0.5, 0.6) is 0 Å². The van der Waals surface area contributed by atoms with Gasteiger partial charge in [0.15, 0.2) is 0 Å². The molecule has 3 rings (SSSR count). The smallest absolute Gasteiger partial charge is 0.251 e. The summed E-state index contributed by atoms with van der Waals surface area (Å²) in [5, 5.41) is 8.24. The summed E-state index contributed by atoms with van der Waals surface area (Å²) in [4.78, 5) is 21.6. The summed E-state index contributed by atoms with van der Waals surface area (Å²) in [6, 6.07) is 9.28. The molecule has 2 aromatic heterocycles. The predicted molar refractivity (Wildman–Crippen MR) is 110 cm³/mol. The quantitative estimate of drug-likeness (QED) is 0.707. The van der Waals surface area contributed by atoms with E-state index in [1.54, 1.807) is 4.68 Å². The molecular formula is C21H24ClN5O. The van der Waals surface area contributed by atoms with Gasteiger partial charge in [0, 0.05) is 27.7 Å². The lowest BCUT2D eigenvalue weighted by atomic mass is 10.1. The van der Waals surface area contributed by atoms with E-state index in [9.17, 15) is 4.79 Å². The van der Waals surface area contributed by atoms with E-state index < -0.39 is 0 Å². The average molecular weight is 398 g/mol. The van der Waals surface area contributed by atoms with Gasteiger partial charge in [0.25, 0.3) is 5.95 Å². The maximum Gasteiger partial charge on any atom is 0.251 e. The van der Waals surface area contributed by atoms with Crippen molar-refractivity contribution >= 4 is 17.5 Å². The second kappa shape index (κ2) is 8.10. The number of aryl methyl sites for hydroxylation is 3. The van der Waals surface area contributed by atoms with Crippen LogP contribution >= 0.6 is 11.6 Å². The van der Waals surface area contributed by atoms with Gasteiger partial charge in [0.2, 0.25) is 5.91 Å². The number of hydrogen-bond donors (Lipinski definition) is 1. The van der Waals surface area contributed by atoms with Crippen LogP contribution in [0.3, 0.4) is 0 Å². The van der Waals surface area contributed by atoms with E-state index >= 15 is 0 Å². The maximum absolute atomic E-state index is 12.6. The molecular weight excluding hydrogens is 374 g/mol. The fourth-order valence-corrected chi connectivity index (χ4v) is 3.44. The molecule has 1 unspecified atom stereocenters. The molecule has 0 saturated heterocycles. The Morgan fingerprint density at radius 3 is 2.46 bits per heavy atom. The molecule has 0 aliphatic rings. The highest BCUT2D eigenvalue weighted by atomic mass is 35.5. The second-order valence-electron chi connectivity index (χ2n) is 7.03. The molecule has 0 aliphatic heterocycles. The molecule has 28 heavy (non-hydrogen) atoms. The SMILES string of the molecule is Cc1cc(C)nc(-n2nc(C)c(CC(=O)NC(C)c3cccc(Cl)c3)c2C)n1. The zero-order chi connectivity index (χ0) is 20.4. The molecule has 0 fully saturated rings. The van der Waals surface area contributed by atoms with Gasteiger partial charge in [-0.1, -0.05) is 23.7 Å². The number of nitrogens with zero attached hydrogens (tertiary/aromatic N) is 4. The van der Waals surface area contributed by atoms with Gasteiger partial charge in [-0.05, 0) is 58.4 Å². The van der Waals surface area contributed by atoms with Gasteiger partial charge in [-0.3, -0.25) is 4.79 Å². The summed E-state index contributed by atoms with van der Waals surface area (Å²) in [5.74, 6) is 0.455. The predicted octanol–water partition coefficient (Wildman–Crippen LogP) is 3.97. The molecule has 6 nitrogen and oxygen atoms in total. The van der Waals surface area contributed by atoms with Crippen LogP contribution in [0.25, 0.3) is 5.95 Å². The van der Waals surface area contributed by atoms with Gasteiger partial charge in [0.05, 0.1) is 18.2 Å². The first-order chi connectivity index (χ1) is 13.2. The van der Waals surface area contributed by atoms with Crippen LogP contribution in [0.15, 0.2) is 30.3 Å². The van der Waals surface area contributed by atoms with Gasteiger partial charge in [-0.25, -0.2) is 14.6 Å². The Morgan fingerprint density at radius 2 is 1.82 bits per heavy atom. The molecule has 7 heteroatoms. The van der Waals surface area contributed by atoms with Crippen LogP contribution in [0, 0.1) is 27.7 Å². The molecule has 1 amide bonds. The topological polar surface area (TPSA) is 72.7 Å². The van der Waals surface area contributed by atoms with Crippen LogP contribution in [-0.4, -0.2) is 25.7 Å². The molecule has 0 radical (unpaired) electrons. The first-order valence-electron chi connectivity index (χ1n) is 9.17. The largest absolute Gasteiger partial charge is 0.349 e. The van der Waals surface area contributed by atoms with Crippen molar-refractivity contribution in [3.63, 3.8) is 0 Å². The first kappa shape index (κ1) is 20.0. The van der Waals surface area contributed by atoms with Crippen LogP contribution in [0.4, 0.5) is 0 Å². The lowest BCUT2D eigenvalue weighted by Gasteiger charge is -2.15. The third-order valence-electron chi connectivity index (χ3n) is 4.66. The van der Waals surface area contributed by atoms with E-state index in [1.165, 1.54) is 0 Å². The van der Waals surface area contributed by atoms with Crippen LogP contribution < -0.4 is 5.32 Å². The second-order valence-corrected chi connectivity index (χ2v) is 7.47. The number of hydrogen-bond acceptors (Lipinski definition) is 4. The standard InChI is InChI=1S/C21H24ClN5O/c1-12-9-13(2)24-21(23-12)27-16(5)19(15(4)26-27)11-20(28)25-14(3)17-7-6-8-18(22)10-17/h6-10,14H,11H2,1-5H3,(H,25,28). The lowest BCUT2D eigenvalue weighted by molar-refractivity contribution is -0.121. The third kappa shape index (κ3) is 4.39. The highest BCUT2D eigenvalue weighted by molar-refractivity contribution is 6.30. The van der Waals surface area contributed by atoms with Gasteiger partial charge in [0.1, 0.15) is 0 Å². The van der Waals surface area contributed by atoms with Crippen LogP contribution in [0.2, 0.25) is 5.02 Å². The average Bonchev–Trinajstić information content (AvgIpc) is 2.89. The minimum Gasteiger partial charge on any atom is -0.349 e. The van der Waals surface area contributed by atoms with Crippen molar-refractivity contribution in [1.82, 2.24) is 25.1 Å². The molecule has 0 saturated carbocycles. The van der Waals surface area contributed by atoms with Crippen molar-refractivity contribution < 1.29 is 4.79 Å². The molecule has 0 spiro atoms. The molecule has 2 heterocycles. The number of rotatable bonds is 5. The van der Waals surface area contributed by atoms with E-state index in [4.69, 9.17) is 11.6 Å². The Hall–Kier alpha value is -2.73. The Morgan fingerprint density at radius 1 is 1.14 bits per heavy atom. The van der Waals surface area contributed by atoms with Crippen molar-refractivity contribution in [2.24, 2.45) is 0 Å². The van der Waals surface area contributed by atoms with Crippen molar-refractivity contribution in [3.05, 3.63) is 69.3 Å². The van der Waals surface area contributed by atoms with Gasteiger partial charge < -0.3 is 5.32 Å². The lowest BCUT2D eigenvalue weighted by Crippen LogP contribution is -2.28. The molecule has 146 valence electrons. The zero-order valence-corrected chi connectivity index (χ0v) is 17.5. The van der Waals surface area contributed by atoms with Gasteiger partial charge in [-0.15, -0.1) is 0 Å². The molecule has 1 aromatic carbocycles. The van der Waals surface area contributed by atoms with E-state index in [-0.39, 0.29) is 18.4 Å². The number of nitrogens with one attached hydrogen (secondary N) is 1. The summed E-state index contributed by atoms with van der Waals surface area (Å²) in [6.07, 6.45) is 0.243. The van der Waals surface area contributed by atoms with Crippen molar-refractivity contribution in [3.8, 4) is 5.95 Å². The maximum atomic E-state index is 12.6. The van der Waals surface area contributed by atoms with Gasteiger partial charge >= 0.3 is 0 Å². The normalized spacial score (nSPS) is 12.1. The third-order valence-corrected chi connectivity index (χ3v) is 4.90. The van der Waals surface area contributed by atoms with Crippen LogP contribution in [0.1, 0.15) is 46.9 Å². The first-order valence-corrected chi connectivity index (χ1v) is 9.55. The molecule has 1 atom stereocenters. The molecule has 0 bridgehead atoms. The Labute approximate surface area is 170 Å². The highest BCUT2D eigenvalue weighted by Gasteiger charge is 2.19. The zero-order valence-electron chi connectivity index (χ0n) is 16.7. The Balaban J connectivity index is 1.79. The van der Waals surface area contributed by atoms with E-state index in [0.717, 1.165) is 33.9 Å². The Kier molecular flexibility index (Phi) is 5.79. The van der Waals surface area contributed by atoms with Crippen molar-refractivity contribution in [2.45, 2.75) is 47.1 Å². The van der Waals surface area contributed by atoms with E-state index in [0.29, 0.717) is 11.0 Å². The van der Waals surface area contributed by atoms with Crippen LogP contribution in [-0.2, 0) is 11.2 Å². The van der Waals surface area contributed by atoms with Crippen molar-refractivity contribution in [1.29, 1.82) is 0 Å². The number of amides is 1. The summed E-state index contributed by atoms with van der Waals surface area (Å²) < 4.78 is 1.71. The molecule has 1 N–H and O–H groups in total.